The number of oxime groups is 1. The molecular weight excluding hydrogens is 294 g/mol. The van der Waals surface area contributed by atoms with Crippen molar-refractivity contribution in [3.05, 3.63) is 52.8 Å². The Kier molecular flexibility index (Phi) is 5.53. The van der Waals surface area contributed by atoms with E-state index in [2.05, 4.69) is 16.2 Å². The van der Waals surface area contributed by atoms with Crippen molar-refractivity contribution in [2.45, 2.75) is 13.5 Å². The van der Waals surface area contributed by atoms with E-state index in [0.717, 1.165) is 11.3 Å². The number of aromatic nitrogens is 1. The summed E-state index contributed by atoms with van der Waals surface area (Å²) >= 11 is 0. The Morgan fingerprint density at radius 1 is 1.22 bits per heavy atom. The number of aryl methyl sites for hydroxylation is 1. The smallest absolute Gasteiger partial charge is 0.149 e. The zero-order valence-corrected chi connectivity index (χ0v) is 13.2. The molecule has 0 unspecified atom stereocenters. The number of methoxy groups -OCH3 is 2. The summed E-state index contributed by atoms with van der Waals surface area (Å²) in [6.07, 6.45) is 1.47. The Morgan fingerprint density at radius 2 is 1.91 bits per heavy atom. The first-order valence-electron chi connectivity index (χ1n) is 6.92. The Labute approximate surface area is 134 Å². The molecule has 0 bridgehead atoms. The second kappa shape index (κ2) is 7.80. The van der Waals surface area contributed by atoms with E-state index in [-0.39, 0.29) is 6.61 Å². The minimum Gasteiger partial charge on any atom is -0.496 e. The van der Waals surface area contributed by atoms with Crippen LogP contribution in [0.3, 0.4) is 0 Å². The van der Waals surface area contributed by atoms with Gasteiger partial charge in [-0.25, -0.2) is 0 Å². The number of ether oxygens (including phenoxy) is 2. The maximum absolute atomic E-state index is 8.94. The maximum Gasteiger partial charge on any atom is 0.149 e. The molecule has 0 spiro atoms. The van der Waals surface area contributed by atoms with E-state index in [4.69, 9.17) is 19.6 Å². The normalized spacial score (nSPS) is 10.3. The van der Waals surface area contributed by atoms with Gasteiger partial charge in [-0.2, -0.15) is 5.26 Å². The molecule has 0 amide bonds. The predicted octanol–water partition coefficient (Wildman–Crippen LogP) is 2.83. The maximum atomic E-state index is 8.94. The van der Waals surface area contributed by atoms with Gasteiger partial charge < -0.3 is 14.3 Å². The van der Waals surface area contributed by atoms with Gasteiger partial charge in [-0.15, -0.1) is 0 Å². The summed E-state index contributed by atoms with van der Waals surface area (Å²) in [6, 6.07) is 10.9. The summed E-state index contributed by atoms with van der Waals surface area (Å²) in [7, 11) is 3.17. The summed E-state index contributed by atoms with van der Waals surface area (Å²) < 4.78 is 10.6. The van der Waals surface area contributed by atoms with Crippen molar-refractivity contribution in [1.82, 2.24) is 4.98 Å². The molecule has 2 aromatic rings. The van der Waals surface area contributed by atoms with Gasteiger partial charge in [0, 0.05) is 5.69 Å². The average Bonchev–Trinajstić information content (AvgIpc) is 2.57. The number of nitrogens with zero attached hydrogens (tertiary/aromatic N) is 3. The van der Waals surface area contributed by atoms with Crippen molar-refractivity contribution in [2.75, 3.05) is 14.2 Å². The van der Waals surface area contributed by atoms with Crippen molar-refractivity contribution in [3.8, 4) is 17.6 Å². The molecule has 1 heterocycles. The number of pyridine rings is 1. The molecule has 0 saturated heterocycles. The van der Waals surface area contributed by atoms with Gasteiger partial charge in [-0.05, 0) is 31.2 Å². The zero-order chi connectivity index (χ0) is 16.7. The van der Waals surface area contributed by atoms with E-state index in [0.29, 0.717) is 22.8 Å². The molecule has 118 valence electrons. The van der Waals surface area contributed by atoms with Crippen LogP contribution in [-0.4, -0.2) is 25.4 Å². The minimum atomic E-state index is 0.195. The zero-order valence-electron chi connectivity index (χ0n) is 13.2. The van der Waals surface area contributed by atoms with Crippen molar-refractivity contribution in [1.29, 1.82) is 5.26 Å². The van der Waals surface area contributed by atoms with E-state index in [1.807, 2.05) is 25.1 Å². The molecule has 0 aliphatic carbocycles. The number of hydrogen-bond acceptors (Lipinski definition) is 6. The summed E-state index contributed by atoms with van der Waals surface area (Å²) in [5, 5.41) is 12.8. The van der Waals surface area contributed by atoms with Crippen LogP contribution in [0.25, 0.3) is 0 Å². The Morgan fingerprint density at radius 3 is 2.52 bits per heavy atom. The molecule has 0 saturated carbocycles. The van der Waals surface area contributed by atoms with E-state index in [1.165, 1.54) is 6.21 Å². The quantitative estimate of drug-likeness (QED) is 0.605. The molecule has 2 rings (SSSR count). The van der Waals surface area contributed by atoms with E-state index in [1.54, 1.807) is 26.4 Å². The van der Waals surface area contributed by atoms with Crippen molar-refractivity contribution in [3.63, 3.8) is 0 Å². The van der Waals surface area contributed by atoms with Gasteiger partial charge >= 0.3 is 0 Å². The topological polar surface area (TPSA) is 76.7 Å². The lowest BCUT2D eigenvalue weighted by Gasteiger charge is -2.11. The third-order valence-electron chi connectivity index (χ3n) is 3.10. The molecule has 0 atom stereocenters. The summed E-state index contributed by atoms with van der Waals surface area (Å²) in [4.78, 5) is 9.57. The molecule has 0 aliphatic rings. The third-order valence-corrected chi connectivity index (χ3v) is 3.10. The van der Waals surface area contributed by atoms with Gasteiger partial charge in [0.25, 0.3) is 0 Å². The second-order valence-electron chi connectivity index (χ2n) is 4.68. The Bertz CT molecular complexity index is 729. The van der Waals surface area contributed by atoms with Crippen LogP contribution in [0.15, 0.2) is 35.5 Å². The fourth-order valence-electron chi connectivity index (χ4n) is 2.09. The predicted molar refractivity (Wildman–Crippen MR) is 85.6 cm³/mol. The fraction of sp³-hybridized carbons (Fsp3) is 0.235. The molecule has 1 aromatic heterocycles. The van der Waals surface area contributed by atoms with Gasteiger partial charge in [0.15, 0.2) is 0 Å². The number of benzene rings is 1. The summed E-state index contributed by atoms with van der Waals surface area (Å²) in [6.45, 7) is 2.01. The number of hydrogen-bond donors (Lipinski definition) is 0. The second-order valence-corrected chi connectivity index (χ2v) is 4.68. The van der Waals surface area contributed by atoms with E-state index in [9.17, 15) is 0 Å². The van der Waals surface area contributed by atoms with Crippen LogP contribution in [-0.2, 0) is 11.4 Å². The van der Waals surface area contributed by atoms with E-state index >= 15 is 0 Å². The highest BCUT2D eigenvalue weighted by Crippen LogP contribution is 2.28. The van der Waals surface area contributed by atoms with Crippen molar-refractivity contribution < 1.29 is 14.3 Å². The SMILES string of the molecule is COc1cccc(OC)c1CON=Cc1cc(C#N)cc(C)n1. The Balaban J connectivity index is 2.08. The highest BCUT2D eigenvalue weighted by atomic mass is 16.6. The lowest BCUT2D eigenvalue weighted by atomic mass is 10.2. The molecule has 6 nitrogen and oxygen atoms in total. The minimum absolute atomic E-state index is 0.195. The summed E-state index contributed by atoms with van der Waals surface area (Å²) in [5.41, 5.74) is 2.61. The highest BCUT2D eigenvalue weighted by Gasteiger charge is 2.10. The average molecular weight is 311 g/mol. The standard InChI is InChI=1S/C17H17N3O3/c1-12-7-13(9-18)8-14(20-12)10-19-23-11-15-16(21-2)5-4-6-17(15)22-3/h4-8,10H,11H2,1-3H3. The van der Waals surface area contributed by atoms with Gasteiger partial charge in [0.1, 0.15) is 18.1 Å². The lowest BCUT2D eigenvalue weighted by Crippen LogP contribution is -1.98. The molecule has 0 N–H and O–H groups in total. The monoisotopic (exact) mass is 311 g/mol. The van der Waals surface area contributed by atoms with Crippen LogP contribution in [0, 0.1) is 18.3 Å². The molecule has 0 radical (unpaired) electrons. The lowest BCUT2D eigenvalue weighted by molar-refractivity contribution is 0.127. The largest absolute Gasteiger partial charge is 0.496 e. The number of rotatable bonds is 6. The van der Waals surface area contributed by atoms with Crippen molar-refractivity contribution >= 4 is 6.21 Å². The Hall–Kier alpha value is -3.07. The summed E-state index contributed by atoms with van der Waals surface area (Å²) in [5.74, 6) is 1.33. The first-order chi connectivity index (χ1) is 11.2. The van der Waals surface area contributed by atoms with Crippen LogP contribution in [0.2, 0.25) is 0 Å². The van der Waals surface area contributed by atoms with Crippen LogP contribution in [0.5, 0.6) is 11.5 Å². The highest BCUT2D eigenvalue weighted by molar-refractivity contribution is 5.77. The third kappa shape index (κ3) is 4.20. The molecular formula is C17H17N3O3. The van der Waals surface area contributed by atoms with Crippen LogP contribution in [0.1, 0.15) is 22.5 Å². The molecule has 6 heteroatoms. The van der Waals surface area contributed by atoms with E-state index < -0.39 is 0 Å². The van der Waals surface area contributed by atoms with Gasteiger partial charge in [0.05, 0.1) is 43.3 Å². The van der Waals surface area contributed by atoms with Crippen molar-refractivity contribution in [2.24, 2.45) is 5.16 Å². The fourth-order valence-corrected chi connectivity index (χ4v) is 2.09. The van der Waals surface area contributed by atoms with Gasteiger partial charge in [0.2, 0.25) is 0 Å². The van der Waals surface area contributed by atoms with Gasteiger partial charge in [-0.3, -0.25) is 4.98 Å². The molecule has 1 aromatic carbocycles. The van der Waals surface area contributed by atoms with Crippen LogP contribution in [0.4, 0.5) is 0 Å². The number of nitriles is 1. The van der Waals surface area contributed by atoms with Gasteiger partial charge in [-0.1, -0.05) is 11.2 Å². The molecule has 0 aliphatic heterocycles. The van der Waals surface area contributed by atoms with Crippen LogP contribution < -0.4 is 9.47 Å². The van der Waals surface area contributed by atoms with Crippen LogP contribution >= 0.6 is 0 Å². The first-order valence-corrected chi connectivity index (χ1v) is 6.92. The molecule has 23 heavy (non-hydrogen) atoms. The molecule has 0 fully saturated rings. The first kappa shape index (κ1) is 16.3.